The van der Waals surface area contributed by atoms with Crippen molar-refractivity contribution in [3.8, 4) is 0 Å². The third kappa shape index (κ3) is 2.29. The smallest absolute Gasteiger partial charge is 0.233 e. The van der Waals surface area contributed by atoms with Crippen molar-refractivity contribution in [3.63, 3.8) is 0 Å². The Morgan fingerprint density at radius 2 is 2.09 bits per heavy atom. The molecule has 1 amide bonds. The number of hydrogen-bond acceptors (Lipinski definition) is 3. The molecular formula is C18H22FNO3. The number of carbonyl (C=O) groups excluding carboxylic acids is 1. The van der Waals surface area contributed by atoms with Crippen LogP contribution in [-0.2, 0) is 14.9 Å². The van der Waals surface area contributed by atoms with Crippen LogP contribution in [0.25, 0.3) is 0 Å². The van der Waals surface area contributed by atoms with Crippen molar-refractivity contribution in [2.45, 2.75) is 49.2 Å². The molecule has 1 aromatic rings. The average molecular weight is 319 g/mol. The molecule has 3 fully saturated rings. The first-order valence-electron chi connectivity index (χ1n) is 8.44. The zero-order chi connectivity index (χ0) is 16.1. The number of piperidine rings is 1. The van der Waals surface area contributed by atoms with E-state index >= 15 is 0 Å². The van der Waals surface area contributed by atoms with Gasteiger partial charge in [0, 0.05) is 18.7 Å². The molecule has 1 spiro atoms. The number of ether oxygens (including phenoxy) is 1. The van der Waals surface area contributed by atoms with Crippen molar-refractivity contribution in [3.05, 3.63) is 35.6 Å². The highest BCUT2D eigenvalue weighted by Gasteiger charge is 2.57. The van der Waals surface area contributed by atoms with Crippen molar-refractivity contribution in [2.75, 3.05) is 19.7 Å². The van der Waals surface area contributed by atoms with E-state index in [0.717, 1.165) is 12.8 Å². The van der Waals surface area contributed by atoms with Gasteiger partial charge in [-0.2, -0.15) is 0 Å². The van der Waals surface area contributed by atoms with Crippen molar-refractivity contribution in [1.29, 1.82) is 0 Å². The average Bonchev–Trinajstić information content (AvgIpc) is 3.23. The second kappa shape index (κ2) is 5.28. The molecule has 124 valence electrons. The van der Waals surface area contributed by atoms with Crippen LogP contribution >= 0.6 is 0 Å². The minimum Gasteiger partial charge on any atom is -0.390 e. The molecule has 0 radical (unpaired) electrons. The molecule has 2 atom stereocenters. The maximum atomic E-state index is 14.2. The van der Waals surface area contributed by atoms with Gasteiger partial charge < -0.3 is 14.7 Å². The summed E-state index contributed by atoms with van der Waals surface area (Å²) in [4.78, 5) is 14.9. The third-order valence-electron chi connectivity index (χ3n) is 5.71. The van der Waals surface area contributed by atoms with Crippen LogP contribution in [0.5, 0.6) is 0 Å². The largest absolute Gasteiger partial charge is 0.390 e. The Balaban J connectivity index is 1.59. The van der Waals surface area contributed by atoms with Gasteiger partial charge in [0.1, 0.15) is 11.4 Å². The van der Waals surface area contributed by atoms with Crippen LogP contribution < -0.4 is 0 Å². The monoisotopic (exact) mass is 319 g/mol. The number of amides is 1. The number of halogens is 1. The van der Waals surface area contributed by atoms with E-state index < -0.39 is 17.1 Å². The summed E-state index contributed by atoms with van der Waals surface area (Å²) in [5.74, 6) is -0.313. The van der Waals surface area contributed by atoms with Gasteiger partial charge in [-0.1, -0.05) is 18.2 Å². The summed E-state index contributed by atoms with van der Waals surface area (Å²) in [5, 5.41) is 10.3. The van der Waals surface area contributed by atoms with Crippen LogP contribution in [0.3, 0.4) is 0 Å². The molecule has 1 N–H and O–H groups in total. The zero-order valence-corrected chi connectivity index (χ0v) is 13.1. The van der Waals surface area contributed by atoms with Crippen molar-refractivity contribution in [1.82, 2.24) is 4.90 Å². The minimum atomic E-state index is -0.701. The van der Waals surface area contributed by atoms with Gasteiger partial charge in [-0.3, -0.25) is 4.79 Å². The molecule has 2 saturated heterocycles. The Kier molecular flexibility index (Phi) is 3.46. The van der Waals surface area contributed by atoms with Gasteiger partial charge in [0.15, 0.2) is 0 Å². The van der Waals surface area contributed by atoms with Crippen LogP contribution in [0, 0.1) is 5.82 Å². The van der Waals surface area contributed by atoms with Crippen molar-refractivity contribution in [2.24, 2.45) is 0 Å². The fourth-order valence-electron chi connectivity index (χ4n) is 4.20. The van der Waals surface area contributed by atoms with Crippen molar-refractivity contribution >= 4 is 5.91 Å². The Hall–Kier alpha value is -1.46. The van der Waals surface area contributed by atoms with E-state index in [-0.39, 0.29) is 11.7 Å². The lowest BCUT2D eigenvalue weighted by molar-refractivity contribution is -0.157. The SMILES string of the molecule is O=C(N1CC[C@H](O)[C@]2(CCCO2)C1)C1(c2ccccc2F)CC1. The summed E-state index contributed by atoms with van der Waals surface area (Å²) >= 11 is 0. The zero-order valence-electron chi connectivity index (χ0n) is 13.1. The molecule has 2 aliphatic heterocycles. The van der Waals surface area contributed by atoms with Gasteiger partial charge in [-0.05, 0) is 38.2 Å². The number of aliphatic hydroxyl groups is 1. The van der Waals surface area contributed by atoms with Crippen LogP contribution in [0.4, 0.5) is 4.39 Å². The van der Waals surface area contributed by atoms with Crippen LogP contribution in [-0.4, -0.2) is 47.3 Å². The minimum absolute atomic E-state index is 0.00984. The molecule has 0 aromatic heterocycles. The Morgan fingerprint density at radius 1 is 1.30 bits per heavy atom. The predicted molar refractivity (Wildman–Crippen MR) is 82.4 cm³/mol. The quantitative estimate of drug-likeness (QED) is 0.907. The van der Waals surface area contributed by atoms with Gasteiger partial charge >= 0.3 is 0 Å². The highest BCUT2D eigenvalue weighted by molar-refractivity contribution is 5.91. The van der Waals surface area contributed by atoms with E-state index in [9.17, 15) is 14.3 Å². The molecule has 23 heavy (non-hydrogen) atoms. The van der Waals surface area contributed by atoms with Gasteiger partial charge in [0.25, 0.3) is 0 Å². The van der Waals surface area contributed by atoms with Gasteiger partial charge in [-0.25, -0.2) is 4.39 Å². The number of rotatable bonds is 2. The van der Waals surface area contributed by atoms with Crippen LogP contribution in [0.2, 0.25) is 0 Å². The van der Waals surface area contributed by atoms with E-state index in [4.69, 9.17) is 4.74 Å². The third-order valence-corrected chi connectivity index (χ3v) is 5.71. The number of aliphatic hydroxyl groups excluding tert-OH is 1. The summed E-state index contributed by atoms with van der Waals surface area (Å²) in [5.41, 5.74) is -0.801. The second-order valence-corrected chi connectivity index (χ2v) is 7.11. The molecular weight excluding hydrogens is 297 g/mol. The molecule has 1 aliphatic carbocycles. The number of carbonyl (C=O) groups is 1. The molecule has 3 aliphatic rings. The fraction of sp³-hybridized carbons (Fsp3) is 0.611. The summed E-state index contributed by atoms with van der Waals surface area (Å²) in [7, 11) is 0. The maximum absolute atomic E-state index is 14.2. The fourth-order valence-corrected chi connectivity index (χ4v) is 4.20. The number of hydrogen-bond donors (Lipinski definition) is 1. The Labute approximate surface area is 135 Å². The van der Waals surface area contributed by atoms with Crippen LogP contribution in [0.15, 0.2) is 24.3 Å². The van der Waals surface area contributed by atoms with Gasteiger partial charge in [0.2, 0.25) is 5.91 Å². The van der Waals surface area contributed by atoms with Crippen LogP contribution in [0.1, 0.15) is 37.7 Å². The van der Waals surface area contributed by atoms with E-state index in [1.807, 2.05) is 0 Å². The van der Waals surface area contributed by atoms with E-state index in [0.29, 0.717) is 44.5 Å². The van der Waals surface area contributed by atoms with Crippen molar-refractivity contribution < 1.29 is 19.0 Å². The molecule has 0 bridgehead atoms. The van der Waals surface area contributed by atoms with E-state index in [1.165, 1.54) is 6.07 Å². The summed E-state index contributed by atoms with van der Waals surface area (Å²) in [6, 6.07) is 6.58. The normalized spacial score (nSPS) is 32.3. The topological polar surface area (TPSA) is 49.8 Å². The lowest BCUT2D eigenvalue weighted by atomic mass is 9.85. The highest BCUT2D eigenvalue weighted by Crippen LogP contribution is 2.51. The van der Waals surface area contributed by atoms with Gasteiger partial charge in [0.05, 0.1) is 18.1 Å². The summed E-state index contributed by atoms with van der Waals surface area (Å²) in [6.07, 6.45) is 3.10. The van der Waals surface area contributed by atoms with E-state index in [2.05, 4.69) is 0 Å². The molecule has 2 heterocycles. The molecule has 4 rings (SSSR count). The first-order chi connectivity index (χ1) is 11.1. The molecule has 1 aromatic carbocycles. The maximum Gasteiger partial charge on any atom is 0.233 e. The predicted octanol–water partition coefficient (Wildman–Crippen LogP) is 2.00. The Bertz CT molecular complexity index is 622. The molecule has 0 unspecified atom stereocenters. The first kappa shape index (κ1) is 15.1. The van der Waals surface area contributed by atoms with Gasteiger partial charge in [-0.15, -0.1) is 0 Å². The lowest BCUT2D eigenvalue weighted by Crippen LogP contribution is -2.59. The Morgan fingerprint density at radius 3 is 2.74 bits per heavy atom. The molecule has 5 heteroatoms. The molecule has 1 saturated carbocycles. The first-order valence-corrected chi connectivity index (χ1v) is 8.44. The second-order valence-electron chi connectivity index (χ2n) is 7.11. The lowest BCUT2D eigenvalue weighted by Gasteiger charge is -2.44. The highest BCUT2D eigenvalue weighted by atomic mass is 19.1. The molecule has 4 nitrogen and oxygen atoms in total. The number of benzene rings is 1. The summed E-state index contributed by atoms with van der Waals surface area (Å²) in [6.45, 7) is 1.57. The summed E-state index contributed by atoms with van der Waals surface area (Å²) < 4.78 is 20.0. The van der Waals surface area contributed by atoms with E-state index in [1.54, 1.807) is 23.1 Å². The number of nitrogens with zero attached hydrogens (tertiary/aromatic N) is 1. The standard InChI is InChI=1S/C18H22FNO3/c19-14-5-2-1-4-13(14)17(8-9-17)16(22)20-10-6-15(21)18(12-20)7-3-11-23-18/h1-2,4-5,15,21H,3,6-12H2/t15-,18-/m0/s1. The number of likely N-dealkylation sites (tertiary alicyclic amines) is 1.